The molecule has 0 aliphatic carbocycles. The molecule has 3 aromatic heterocycles. The van der Waals surface area contributed by atoms with E-state index in [1.807, 2.05) is 18.2 Å². The van der Waals surface area contributed by atoms with Gasteiger partial charge in [-0.1, -0.05) is 6.07 Å². The second-order valence-electron chi connectivity index (χ2n) is 4.53. The quantitative estimate of drug-likeness (QED) is 0.741. The molecule has 0 unspecified atom stereocenters. The predicted octanol–water partition coefficient (Wildman–Crippen LogP) is 0.928. The van der Waals surface area contributed by atoms with E-state index < -0.39 is 0 Å². The van der Waals surface area contributed by atoms with Gasteiger partial charge in [0, 0.05) is 36.5 Å². The van der Waals surface area contributed by atoms with Gasteiger partial charge in [0.15, 0.2) is 5.65 Å². The van der Waals surface area contributed by atoms with Gasteiger partial charge in [-0.3, -0.25) is 14.9 Å². The van der Waals surface area contributed by atoms with Crippen LogP contribution in [0.4, 0.5) is 0 Å². The van der Waals surface area contributed by atoms with E-state index in [9.17, 15) is 4.79 Å². The van der Waals surface area contributed by atoms with Gasteiger partial charge in [-0.25, -0.2) is 9.50 Å². The van der Waals surface area contributed by atoms with Crippen molar-refractivity contribution >= 4 is 5.65 Å². The number of hydrogen-bond acceptors (Lipinski definition) is 4. The van der Waals surface area contributed by atoms with Gasteiger partial charge in [0.2, 0.25) is 0 Å². The highest BCUT2D eigenvalue weighted by atomic mass is 16.3. The van der Waals surface area contributed by atoms with Crippen molar-refractivity contribution in [1.82, 2.24) is 19.6 Å². The fourth-order valence-electron chi connectivity index (χ4n) is 2.22. The number of aliphatic hydroxyl groups excluding tert-OH is 1. The number of fused-ring (bicyclic) bond motifs is 1. The lowest BCUT2D eigenvalue weighted by Crippen LogP contribution is -2.22. The Morgan fingerprint density at radius 2 is 2.25 bits per heavy atom. The van der Waals surface area contributed by atoms with E-state index in [1.54, 1.807) is 19.2 Å². The Kier molecular flexibility index (Phi) is 3.08. The first-order valence-corrected chi connectivity index (χ1v) is 6.34. The Labute approximate surface area is 114 Å². The molecule has 20 heavy (non-hydrogen) atoms. The van der Waals surface area contributed by atoms with Crippen LogP contribution in [0.1, 0.15) is 11.3 Å². The first kappa shape index (κ1) is 12.6. The minimum absolute atomic E-state index is 0.0718. The summed E-state index contributed by atoms with van der Waals surface area (Å²) in [4.78, 5) is 21.0. The molecule has 3 heterocycles. The minimum atomic E-state index is -0.177. The molecule has 0 fully saturated rings. The third kappa shape index (κ3) is 2.00. The van der Waals surface area contributed by atoms with E-state index >= 15 is 0 Å². The number of nitrogens with one attached hydrogen (secondary N) is 1. The average molecular weight is 270 g/mol. The number of H-pyrrole nitrogens is 1. The molecule has 0 aromatic carbocycles. The lowest BCUT2D eigenvalue weighted by molar-refractivity contribution is 0.298. The number of hydrogen-bond donors (Lipinski definition) is 2. The highest BCUT2D eigenvalue weighted by molar-refractivity contribution is 5.60. The number of aliphatic hydroxyl groups is 1. The molecule has 0 aliphatic rings. The Balaban J connectivity index is 2.22. The van der Waals surface area contributed by atoms with Gasteiger partial charge in [0.25, 0.3) is 5.56 Å². The molecule has 102 valence electrons. The van der Waals surface area contributed by atoms with Crippen molar-refractivity contribution in [3.05, 3.63) is 52.1 Å². The van der Waals surface area contributed by atoms with E-state index in [1.165, 1.54) is 4.52 Å². The summed E-state index contributed by atoms with van der Waals surface area (Å²) in [6.07, 6.45) is 2.00. The number of aryl methyl sites for hydroxylation is 1. The second kappa shape index (κ2) is 4.90. The van der Waals surface area contributed by atoms with Crippen molar-refractivity contribution in [3.8, 4) is 11.4 Å². The third-order valence-electron chi connectivity index (χ3n) is 3.22. The van der Waals surface area contributed by atoms with Crippen molar-refractivity contribution in [2.45, 2.75) is 13.3 Å². The number of nitrogens with zero attached hydrogens (tertiary/aromatic N) is 3. The SMILES string of the molecule is Cc1nc2cc(-c3ccccn3)[nH]n2c(=O)c1CCO. The first-order chi connectivity index (χ1) is 9.70. The normalized spacial score (nSPS) is 11.1. The number of aromatic nitrogens is 4. The van der Waals surface area contributed by atoms with Gasteiger partial charge in [0.1, 0.15) is 0 Å². The van der Waals surface area contributed by atoms with Crippen molar-refractivity contribution in [2.75, 3.05) is 6.61 Å². The topological polar surface area (TPSA) is 83.3 Å². The molecule has 0 saturated carbocycles. The lowest BCUT2D eigenvalue weighted by atomic mass is 10.2. The van der Waals surface area contributed by atoms with Crippen LogP contribution in [-0.2, 0) is 6.42 Å². The van der Waals surface area contributed by atoms with Gasteiger partial charge >= 0.3 is 0 Å². The maximum absolute atomic E-state index is 12.3. The van der Waals surface area contributed by atoms with Crippen molar-refractivity contribution in [3.63, 3.8) is 0 Å². The average Bonchev–Trinajstić information content (AvgIpc) is 2.88. The van der Waals surface area contributed by atoms with Crippen LogP contribution in [0.25, 0.3) is 17.0 Å². The molecule has 3 rings (SSSR count). The molecular weight excluding hydrogens is 256 g/mol. The lowest BCUT2D eigenvalue weighted by Gasteiger charge is -2.02. The highest BCUT2D eigenvalue weighted by Gasteiger charge is 2.12. The summed E-state index contributed by atoms with van der Waals surface area (Å²) < 4.78 is 1.39. The molecule has 0 spiro atoms. The fourth-order valence-corrected chi connectivity index (χ4v) is 2.22. The zero-order chi connectivity index (χ0) is 14.1. The summed E-state index contributed by atoms with van der Waals surface area (Å²) in [6.45, 7) is 1.71. The number of aromatic amines is 1. The van der Waals surface area contributed by atoms with Crippen LogP contribution in [0.15, 0.2) is 35.3 Å². The summed E-state index contributed by atoms with van der Waals surface area (Å²) in [5, 5.41) is 12.0. The Morgan fingerprint density at radius 1 is 1.40 bits per heavy atom. The molecule has 0 bridgehead atoms. The van der Waals surface area contributed by atoms with Gasteiger partial charge < -0.3 is 5.11 Å². The van der Waals surface area contributed by atoms with Gasteiger partial charge in [-0.05, 0) is 19.1 Å². The molecule has 2 N–H and O–H groups in total. The maximum Gasteiger partial charge on any atom is 0.276 e. The summed E-state index contributed by atoms with van der Waals surface area (Å²) in [5.41, 5.74) is 3.03. The molecule has 0 radical (unpaired) electrons. The van der Waals surface area contributed by atoms with Crippen LogP contribution in [0.3, 0.4) is 0 Å². The van der Waals surface area contributed by atoms with Gasteiger partial charge in [-0.2, -0.15) is 0 Å². The molecule has 0 amide bonds. The molecular formula is C14H14N4O2. The molecule has 0 aliphatic heterocycles. The largest absolute Gasteiger partial charge is 0.396 e. The standard InChI is InChI=1S/C14H14N4O2/c1-9-10(5-7-19)14(20)18-13(16-9)8-12(17-18)11-4-2-3-6-15-11/h2-4,6,8,17,19H,5,7H2,1H3. The van der Waals surface area contributed by atoms with Gasteiger partial charge in [-0.15, -0.1) is 0 Å². The summed E-state index contributed by atoms with van der Waals surface area (Å²) >= 11 is 0. The maximum atomic E-state index is 12.3. The third-order valence-corrected chi connectivity index (χ3v) is 3.22. The van der Waals surface area contributed by atoms with Crippen LogP contribution in [0.5, 0.6) is 0 Å². The zero-order valence-electron chi connectivity index (χ0n) is 11.0. The first-order valence-electron chi connectivity index (χ1n) is 6.34. The van der Waals surface area contributed by atoms with E-state index in [-0.39, 0.29) is 12.2 Å². The van der Waals surface area contributed by atoms with Crippen molar-refractivity contribution in [2.24, 2.45) is 0 Å². The summed E-state index contributed by atoms with van der Waals surface area (Å²) in [5.74, 6) is 0. The van der Waals surface area contributed by atoms with Crippen LogP contribution in [-0.4, -0.2) is 31.3 Å². The van der Waals surface area contributed by atoms with E-state index in [2.05, 4.69) is 15.1 Å². The monoisotopic (exact) mass is 270 g/mol. The fraction of sp³-hybridized carbons (Fsp3) is 0.214. The molecule has 3 aromatic rings. The van der Waals surface area contributed by atoms with Crippen LogP contribution >= 0.6 is 0 Å². The van der Waals surface area contributed by atoms with Crippen LogP contribution < -0.4 is 5.56 Å². The second-order valence-corrected chi connectivity index (χ2v) is 4.53. The highest BCUT2D eigenvalue weighted by Crippen LogP contribution is 2.15. The van der Waals surface area contributed by atoms with Gasteiger partial charge in [0.05, 0.1) is 11.4 Å². The number of pyridine rings is 1. The minimum Gasteiger partial charge on any atom is -0.396 e. The Hall–Kier alpha value is -2.47. The predicted molar refractivity (Wildman–Crippen MR) is 74.6 cm³/mol. The summed E-state index contributed by atoms with van der Waals surface area (Å²) in [7, 11) is 0. The Morgan fingerprint density at radius 3 is 2.95 bits per heavy atom. The van der Waals surface area contributed by atoms with E-state index in [4.69, 9.17) is 5.11 Å². The van der Waals surface area contributed by atoms with E-state index in [0.29, 0.717) is 23.3 Å². The number of rotatable bonds is 3. The zero-order valence-corrected chi connectivity index (χ0v) is 11.0. The molecule has 6 heteroatoms. The van der Waals surface area contributed by atoms with Crippen LogP contribution in [0.2, 0.25) is 0 Å². The summed E-state index contributed by atoms with van der Waals surface area (Å²) in [6, 6.07) is 7.36. The molecule has 0 atom stereocenters. The van der Waals surface area contributed by atoms with E-state index in [0.717, 1.165) is 11.4 Å². The van der Waals surface area contributed by atoms with Crippen molar-refractivity contribution < 1.29 is 5.11 Å². The van der Waals surface area contributed by atoms with Crippen LogP contribution in [0, 0.1) is 6.92 Å². The molecule has 6 nitrogen and oxygen atoms in total. The molecule has 0 saturated heterocycles. The Bertz CT molecular complexity index is 805. The smallest absolute Gasteiger partial charge is 0.276 e. The van der Waals surface area contributed by atoms with Crippen molar-refractivity contribution in [1.29, 1.82) is 0 Å².